The first-order valence-corrected chi connectivity index (χ1v) is 8.13. The Morgan fingerprint density at radius 3 is 2.57 bits per heavy atom. The number of benzene rings is 2. The molecule has 0 fully saturated rings. The molecule has 0 N–H and O–H groups in total. The molecule has 3 rings (SSSR count). The maximum atomic E-state index is 14.2. The molecule has 0 bridgehead atoms. The molecule has 0 aliphatic rings. The van der Waals surface area contributed by atoms with Gasteiger partial charge in [-0.05, 0) is 46.1 Å². The molecule has 1 heterocycles. The Bertz CT molecular complexity index is 812. The van der Waals surface area contributed by atoms with E-state index in [2.05, 4.69) is 21.0 Å². The number of hydrogen-bond donors (Lipinski definition) is 0. The standard InChI is InChI=1S/C18H15BrF2N2/c1-2-17(12-6-8-14(20)9-7-12)23-11-13(10-22-23)15-4-3-5-16(19)18(15)21/h3-11,17H,2H2,1H3/t17-/m1/s1. The smallest absolute Gasteiger partial charge is 0.145 e. The van der Waals surface area contributed by atoms with Crippen LogP contribution in [0.3, 0.4) is 0 Å². The molecule has 0 saturated carbocycles. The summed E-state index contributed by atoms with van der Waals surface area (Å²) in [6.07, 6.45) is 4.27. The highest BCUT2D eigenvalue weighted by atomic mass is 79.9. The zero-order valence-corrected chi connectivity index (χ0v) is 14.1. The van der Waals surface area contributed by atoms with Gasteiger partial charge in [0, 0.05) is 17.3 Å². The third-order valence-electron chi connectivity index (χ3n) is 3.82. The Labute approximate surface area is 141 Å². The molecule has 1 atom stereocenters. The van der Waals surface area contributed by atoms with Crippen LogP contribution in [0.15, 0.2) is 59.3 Å². The summed E-state index contributed by atoms with van der Waals surface area (Å²) in [6, 6.07) is 11.6. The predicted octanol–water partition coefficient (Wildman–Crippen LogP) is 5.59. The van der Waals surface area contributed by atoms with Gasteiger partial charge in [-0.25, -0.2) is 8.78 Å². The van der Waals surface area contributed by atoms with E-state index in [1.54, 1.807) is 41.2 Å². The van der Waals surface area contributed by atoms with Crippen molar-refractivity contribution in [2.75, 3.05) is 0 Å². The Morgan fingerprint density at radius 1 is 1.13 bits per heavy atom. The summed E-state index contributed by atoms with van der Waals surface area (Å²) in [5.41, 5.74) is 2.18. The van der Waals surface area contributed by atoms with Crippen LogP contribution < -0.4 is 0 Å². The van der Waals surface area contributed by atoms with Crippen molar-refractivity contribution in [3.63, 3.8) is 0 Å². The van der Waals surface area contributed by atoms with Crippen LogP contribution in [0.1, 0.15) is 24.9 Å². The topological polar surface area (TPSA) is 17.8 Å². The van der Waals surface area contributed by atoms with E-state index in [1.807, 2.05) is 13.1 Å². The average Bonchev–Trinajstić information content (AvgIpc) is 3.02. The van der Waals surface area contributed by atoms with Crippen molar-refractivity contribution >= 4 is 15.9 Å². The molecule has 1 aromatic heterocycles. The van der Waals surface area contributed by atoms with Gasteiger partial charge in [-0.1, -0.05) is 31.2 Å². The molecule has 23 heavy (non-hydrogen) atoms. The van der Waals surface area contributed by atoms with E-state index in [0.717, 1.165) is 12.0 Å². The Kier molecular flexibility index (Phi) is 4.57. The summed E-state index contributed by atoms with van der Waals surface area (Å²) in [7, 11) is 0. The van der Waals surface area contributed by atoms with Gasteiger partial charge in [0.15, 0.2) is 0 Å². The van der Waals surface area contributed by atoms with Gasteiger partial charge in [-0.2, -0.15) is 5.10 Å². The van der Waals surface area contributed by atoms with E-state index in [4.69, 9.17) is 0 Å². The molecule has 0 saturated heterocycles. The van der Waals surface area contributed by atoms with E-state index >= 15 is 0 Å². The average molecular weight is 377 g/mol. The fourth-order valence-electron chi connectivity index (χ4n) is 2.63. The van der Waals surface area contributed by atoms with Crippen LogP contribution in [0.4, 0.5) is 8.78 Å². The van der Waals surface area contributed by atoms with Gasteiger partial charge in [0.1, 0.15) is 11.6 Å². The molecule has 2 nitrogen and oxygen atoms in total. The lowest BCUT2D eigenvalue weighted by Crippen LogP contribution is -2.10. The Balaban J connectivity index is 1.97. The maximum absolute atomic E-state index is 14.2. The molecule has 0 aliphatic carbocycles. The molecule has 0 unspecified atom stereocenters. The van der Waals surface area contributed by atoms with Crippen LogP contribution in [0, 0.1) is 11.6 Å². The van der Waals surface area contributed by atoms with Crippen LogP contribution in [-0.4, -0.2) is 9.78 Å². The second kappa shape index (κ2) is 6.62. The lowest BCUT2D eigenvalue weighted by molar-refractivity contribution is 0.508. The highest BCUT2D eigenvalue weighted by molar-refractivity contribution is 9.10. The van der Waals surface area contributed by atoms with Crippen LogP contribution in [-0.2, 0) is 0 Å². The van der Waals surface area contributed by atoms with Crippen LogP contribution in [0.25, 0.3) is 11.1 Å². The minimum Gasteiger partial charge on any atom is -0.265 e. The van der Waals surface area contributed by atoms with Gasteiger partial charge in [0.25, 0.3) is 0 Å². The van der Waals surface area contributed by atoms with Crippen molar-refractivity contribution in [3.05, 3.63) is 76.5 Å². The summed E-state index contributed by atoms with van der Waals surface area (Å²) >= 11 is 3.20. The molecule has 5 heteroatoms. The van der Waals surface area contributed by atoms with Gasteiger partial charge in [-0.15, -0.1) is 0 Å². The number of hydrogen-bond acceptors (Lipinski definition) is 1. The van der Waals surface area contributed by atoms with E-state index < -0.39 is 0 Å². The third-order valence-corrected chi connectivity index (χ3v) is 4.44. The van der Waals surface area contributed by atoms with Crippen molar-refractivity contribution in [1.29, 1.82) is 0 Å². The van der Waals surface area contributed by atoms with Gasteiger partial charge in [0.2, 0.25) is 0 Å². The number of halogens is 3. The largest absolute Gasteiger partial charge is 0.265 e. The van der Waals surface area contributed by atoms with Crippen molar-refractivity contribution in [2.45, 2.75) is 19.4 Å². The van der Waals surface area contributed by atoms with Gasteiger partial charge in [0.05, 0.1) is 16.7 Å². The maximum Gasteiger partial charge on any atom is 0.145 e. The highest BCUT2D eigenvalue weighted by Gasteiger charge is 2.15. The molecule has 2 aromatic carbocycles. The minimum atomic E-state index is -0.304. The van der Waals surface area contributed by atoms with Gasteiger partial charge in [-0.3, -0.25) is 4.68 Å². The summed E-state index contributed by atoms with van der Waals surface area (Å²) < 4.78 is 29.5. The van der Waals surface area contributed by atoms with Crippen LogP contribution in [0.2, 0.25) is 0 Å². The second-order valence-corrected chi connectivity index (χ2v) is 6.14. The first-order valence-electron chi connectivity index (χ1n) is 7.34. The first kappa shape index (κ1) is 15.9. The second-order valence-electron chi connectivity index (χ2n) is 5.29. The molecule has 0 radical (unpaired) electrons. The number of rotatable bonds is 4. The minimum absolute atomic E-state index is 0.0143. The Hall–Kier alpha value is -2.01. The fourth-order valence-corrected chi connectivity index (χ4v) is 3.00. The van der Waals surface area contributed by atoms with E-state index in [9.17, 15) is 8.78 Å². The molecule has 0 amide bonds. The molecule has 118 valence electrons. The monoisotopic (exact) mass is 376 g/mol. The van der Waals surface area contributed by atoms with Crippen molar-refractivity contribution < 1.29 is 8.78 Å². The zero-order chi connectivity index (χ0) is 16.4. The SMILES string of the molecule is CC[C@H](c1ccc(F)cc1)n1cc(-c2cccc(Br)c2F)cn1. The fraction of sp³-hybridized carbons (Fsp3) is 0.167. The normalized spacial score (nSPS) is 12.3. The van der Waals surface area contributed by atoms with Crippen LogP contribution in [0.5, 0.6) is 0 Å². The van der Waals surface area contributed by atoms with Crippen molar-refractivity contribution in [1.82, 2.24) is 9.78 Å². The van der Waals surface area contributed by atoms with Crippen molar-refractivity contribution in [3.8, 4) is 11.1 Å². The number of nitrogens with zero attached hydrogens (tertiary/aromatic N) is 2. The van der Waals surface area contributed by atoms with E-state index in [0.29, 0.717) is 15.6 Å². The summed E-state index contributed by atoms with van der Waals surface area (Å²) in [5.74, 6) is -0.567. The molecule has 0 spiro atoms. The van der Waals surface area contributed by atoms with E-state index in [1.165, 1.54) is 12.1 Å². The van der Waals surface area contributed by atoms with Gasteiger partial charge >= 0.3 is 0 Å². The number of aromatic nitrogens is 2. The summed E-state index contributed by atoms with van der Waals surface area (Å²) in [6.45, 7) is 2.04. The van der Waals surface area contributed by atoms with Crippen molar-refractivity contribution in [2.24, 2.45) is 0 Å². The molecular weight excluding hydrogens is 362 g/mol. The lowest BCUT2D eigenvalue weighted by atomic mass is 10.0. The molecule has 3 aromatic rings. The Morgan fingerprint density at radius 2 is 1.87 bits per heavy atom. The highest BCUT2D eigenvalue weighted by Crippen LogP contribution is 2.29. The zero-order valence-electron chi connectivity index (χ0n) is 12.5. The third kappa shape index (κ3) is 3.20. The van der Waals surface area contributed by atoms with Crippen LogP contribution >= 0.6 is 15.9 Å². The summed E-state index contributed by atoms with van der Waals surface area (Å²) in [4.78, 5) is 0. The molecule has 0 aliphatic heterocycles. The van der Waals surface area contributed by atoms with Gasteiger partial charge < -0.3 is 0 Å². The first-order chi connectivity index (χ1) is 11.1. The lowest BCUT2D eigenvalue weighted by Gasteiger charge is -2.16. The summed E-state index contributed by atoms with van der Waals surface area (Å²) in [5, 5.41) is 4.37. The van der Waals surface area contributed by atoms with E-state index in [-0.39, 0.29) is 17.7 Å². The molecular formula is C18H15BrF2N2. The predicted molar refractivity (Wildman–Crippen MR) is 90.2 cm³/mol. The quantitative estimate of drug-likeness (QED) is 0.580.